The highest BCUT2D eigenvalue weighted by atomic mass is 16.5. The van der Waals surface area contributed by atoms with Crippen LogP contribution in [0.4, 0.5) is 0 Å². The second kappa shape index (κ2) is 6.24. The Kier molecular flexibility index (Phi) is 4.11. The van der Waals surface area contributed by atoms with Crippen molar-refractivity contribution in [2.45, 2.75) is 50.2 Å². The third-order valence-corrected chi connectivity index (χ3v) is 5.05. The first-order chi connectivity index (χ1) is 11.2. The molecule has 2 saturated heterocycles. The van der Waals surface area contributed by atoms with Gasteiger partial charge in [-0.2, -0.15) is 5.10 Å². The molecule has 6 nitrogen and oxygen atoms in total. The Hall–Kier alpha value is -1.40. The summed E-state index contributed by atoms with van der Waals surface area (Å²) in [5.74, 6) is 0.640. The van der Waals surface area contributed by atoms with Crippen LogP contribution < -0.4 is 0 Å². The lowest BCUT2D eigenvalue weighted by atomic mass is 10.1. The van der Waals surface area contributed by atoms with Crippen LogP contribution in [0.25, 0.3) is 0 Å². The van der Waals surface area contributed by atoms with Crippen LogP contribution in [0, 0.1) is 0 Å². The normalized spacial score (nSPS) is 26.0. The van der Waals surface area contributed by atoms with Crippen molar-refractivity contribution in [2.24, 2.45) is 7.05 Å². The van der Waals surface area contributed by atoms with Crippen molar-refractivity contribution in [3.05, 3.63) is 17.5 Å². The third kappa shape index (κ3) is 3.28. The van der Waals surface area contributed by atoms with Crippen LogP contribution in [-0.2, 0) is 16.5 Å². The van der Waals surface area contributed by atoms with Gasteiger partial charge in [-0.05, 0) is 32.1 Å². The van der Waals surface area contributed by atoms with Crippen LogP contribution in [-0.4, -0.2) is 59.1 Å². The average Bonchev–Trinajstić information content (AvgIpc) is 3.14. The number of piperidine rings is 1. The molecule has 3 heterocycles. The van der Waals surface area contributed by atoms with E-state index in [0.717, 1.165) is 69.7 Å². The molecule has 0 aromatic carbocycles. The third-order valence-electron chi connectivity index (χ3n) is 5.05. The number of hydrogen-bond acceptors (Lipinski definition) is 4. The smallest absolute Gasteiger partial charge is 0.257 e. The lowest BCUT2D eigenvalue weighted by Gasteiger charge is -2.33. The van der Waals surface area contributed by atoms with Gasteiger partial charge in [0.15, 0.2) is 0 Å². The monoisotopic (exact) mass is 319 g/mol. The van der Waals surface area contributed by atoms with Gasteiger partial charge in [0.1, 0.15) is 0 Å². The van der Waals surface area contributed by atoms with E-state index in [1.165, 1.54) is 0 Å². The predicted octanol–water partition coefficient (Wildman–Crippen LogP) is 1.71. The molecule has 2 aliphatic heterocycles. The quantitative estimate of drug-likeness (QED) is 0.848. The van der Waals surface area contributed by atoms with Crippen LogP contribution in [0.5, 0.6) is 0 Å². The second-order valence-electron chi connectivity index (χ2n) is 6.99. The molecule has 0 radical (unpaired) electrons. The Labute approximate surface area is 136 Å². The van der Waals surface area contributed by atoms with E-state index in [-0.39, 0.29) is 18.1 Å². The summed E-state index contributed by atoms with van der Waals surface area (Å²) in [7, 11) is 1.90. The van der Waals surface area contributed by atoms with E-state index in [2.05, 4.69) is 5.10 Å². The molecule has 6 heteroatoms. The highest BCUT2D eigenvalue weighted by molar-refractivity contribution is 5.95. The maximum absolute atomic E-state index is 12.8. The van der Waals surface area contributed by atoms with Crippen molar-refractivity contribution in [2.75, 3.05) is 26.3 Å². The first-order valence-electron chi connectivity index (χ1n) is 8.76. The van der Waals surface area contributed by atoms with E-state index in [0.29, 0.717) is 5.92 Å². The van der Waals surface area contributed by atoms with Crippen LogP contribution in [0.1, 0.15) is 54.1 Å². The molecule has 23 heavy (non-hydrogen) atoms. The van der Waals surface area contributed by atoms with E-state index in [1.54, 1.807) is 4.68 Å². The minimum atomic E-state index is 0.141. The maximum Gasteiger partial charge on any atom is 0.257 e. The minimum absolute atomic E-state index is 0.141. The van der Waals surface area contributed by atoms with Crippen molar-refractivity contribution in [1.29, 1.82) is 0 Å². The SMILES string of the molecule is Cn1cc(C(=O)N2CCC(OC3CCOC3)CC2)c(C2CC2)n1. The zero-order chi connectivity index (χ0) is 15.8. The van der Waals surface area contributed by atoms with Gasteiger partial charge in [-0.15, -0.1) is 0 Å². The molecule has 1 aromatic rings. The topological polar surface area (TPSA) is 56.6 Å². The summed E-state index contributed by atoms with van der Waals surface area (Å²) < 4.78 is 13.2. The molecular formula is C17H25N3O3. The molecule has 0 bridgehead atoms. The number of rotatable bonds is 4. The largest absolute Gasteiger partial charge is 0.379 e. The Morgan fingerprint density at radius 1 is 1.22 bits per heavy atom. The van der Waals surface area contributed by atoms with Gasteiger partial charge >= 0.3 is 0 Å². The zero-order valence-electron chi connectivity index (χ0n) is 13.7. The molecule has 126 valence electrons. The number of likely N-dealkylation sites (tertiary alicyclic amines) is 1. The standard InChI is InChI=1S/C17H25N3O3/c1-19-10-15(16(18-19)12-2-3-12)17(21)20-7-4-13(5-8-20)23-14-6-9-22-11-14/h10,12-14H,2-9,11H2,1H3. The Bertz CT molecular complexity index is 568. The van der Waals surface area contributed by atoms with Crippen LogP contribution in [0.2, 0.25) is 0 Å². The van der Waals surface area contributed by atoms with Crippen LogP contribution in [0.3, 0.4) is 0 Å². The van der Waals surface area contributed by atoms with Gasteiger partial charge in [0.05, 0.1) is 30.1 Å². The molecule has 1 unspecified atom stereocenters. The van der Waals surface area contributed by atoms with Crippen molar-refractivity contribution in [1.82, 2.24) is 14.7 Å². The van der Waals surface area contributed by atoms with E-state index in [1.807, 2.05) is 18.1 Å². The molecule has 1 aliphatic carbocycles. The van der Waals surface area contributed by atoms with Gasteiger partial charge < -0.3 is 14.4 Å². The molecule has 0 N–H and O–H groups in total. The molecular weight excluding hydrogens is 294 g/mol. The number of amides is 1. The fourth-order valence-electron chi connectivity index (χ4n) is 3.59. The van der Waals surface area contributed by atoms with Crippen molar-refractivity contribution >= 4 is 5.91 Å². The van der Waals surface area contributed by atoms with Crippen molar-refractivity contribution in [3.63, 3.8) is 0 Å². The van der Waals surface area contributed by atoms with E-state index >= 15 is 0 Å². The fraction of sp³-hybridized carbons (Fsp3) is 0.765. The van der Waals surface area contributed by atoms with Gasteiger partial charge in [-0.25, -0.2) is 0 Å². The summed E-state index contributed by atoms with van der Waals surface area (Å²) in [6.45, 7) is 3.08. The van der Waals surface area contributed by atoms with E-state index in [9.17, 15) is 4.79 Å². The van der Waals surface area contributed by atoms with Gasteiger partial charge in [0.2, 0.25) is 0 Å². The molecule has 0 spiro atoms. The van der Waals surface area contributed by atoms with Crippen LogP contribution >= 0.6 is 0 Å². The van der Waals surface area contributed by atoms with E-state index in [4.69, 9.17) is 9.47 Å². The van der Waals surface area contributed by atoms with Crippen molar-refractivity contribution < 1.29 is 14.3 Å². The summed E-state index contributed by atoms with van der Waals surface area (Å²) in [6.07, 6.45) is 7.56. The van der Waals surface area contributed by atoms with Crippen molar-refractivity contribution in [3.8, 4) is 0 Å². The molecule has 1 atom stereocenters. The number of carbonyl (C=O) groups excluding carboxylic acids is 1. The number of aromatic nitrogens is 2. The summed E-state index contributed by atoms with van der Waals surface area (Å²) in [6, 6.07) is 0. The highest BCUT2D eigenvalue weighted by Crippen LogP contribution is 2.41. The summed E-state index contributed by atoms with van der Waals surface area (Å²) in [5.41, 5.74) is 1.80. The summed E-state index contributed by atoms with van der Waals surface area (Å²) >= 11 is 0. The Morgan fingerprint density at radius 3 is 2.65 bits per heavy atom. The molecule has 4 rings (SSSR count). The van der Waals surface area contributed by atoms with Gasteiger partial charge in [0, 0.05) is 38.9 Å². The first kappa shape index (κ1) is 15.1. The van der Waals surface area contributed by atoms with Crippen LogP contribution in [0.15, 0.2) is 6.20 Å². The predicted molar refractivity (Wildman–Crippen MR) is 84.4 cm³/mol. The Morgan fingerprint density at radius 2 is 2.00 bits per heavy atom. The molecule has 3 fully saturated rings. The number of ether oxygens (including phenoxy) is 2. The van der Waals surface area contributed by atoms with Gasteiger partial charge in [-0.3, -0.25) is 9.48 Å². The zero-order valence-corrected chi connectivity index (χ0v) is 13.7. The number of hydrogen-bond donors (Lipinski definition) is 0. The fourth-order valence-corrected chi connectivity index (χ4v) is 3.59. The number of carbonyl (C=O) groups is 1. The lowest BCUT2D eigenvalue weighted by molar-refractivity contribution is -0.0408. The molecule has 1 amide bonds. The molecule has 1 aromatic heterocycles. The number of nitrogens with zero attached hydrogens (tertiary/aromatic N) is 3. The van der Waals surface area contributed by atoms with E-state index < -0.39 is 0 Å². The first-order valence-corrected chi connectivity index (χ1v) is 8.76. The number of aryl methyl sites for hydroxylation is 1. The lowest BCUT2D eigenvalue weighted by Crippen LogP contribution is -2.42. The minimum Gasteiger partial charge on any atom is -0.379 e. The maximum atomic E-state index is 12.8. The van der Waals surface area contributed by atoms with Gasteiger partial charge in [0.25, 0.3) is 5.91 Å². The average molecular weight is 319 g/mol. The molecule has 1 saturated carbocycles. The Balaban J connectivity index is 1.35. The van der Waals surface area contributed by atoms with Gasteiger partial charge in [-0.1, -0.05) is 0 Å². The second-order valence-corrected chi connectivity index (χ2v) is 6.99. The highest BCUT2D eigenvalue weighted by Gasteiger charge is 2.34. The summed E-state index contributed by atoms with van der Waals surface area (Å²) in [5, 5.41) is 4.50. The summed E-state index contributed by atoms with van der Waals surface area (Å²) in [4.78, 5) is 14.8. The molecule has 3 aliphatic rings.